The van der Waals surface area contributed by atoms with Crippen LogP contribution in [0.1, 0.15) is 42.5 Å². The van der Waals surface area contributed by atoms with E-state index in [1.165, 1.54) is 18.7 Å². The van der Waals surface area contributed by atoms with Crippen LogP contribution >= 0.6 is 23.2 Å². The molecule has 1 fully saturated rings. The van der Waals surface area contributed by atoms with Gasteiger partial charge in [0.1, 0.15) is 5.15 Å². The smallest absolute Gasteiger partial charge is 0.252 e. The largest absolute Gasteiger partial charge is 0.396 e. The number of rotatable bonds is 4. The summed E-state index contributed by atoms with van der Waals surface area (Å²) in [6.45, 7) is 0.579. The molecule has 1 saturated carbocycles. The molecule has 0 spiro atoms. The first-order valence-corrected chi connectivity index (χ1v) is 7.52. The molecule has 20 heavy (non-hydrogen) atoms. The van der Waals surface area contributed by atoms with Crippen LogP contribution in [0.2, 0.25) is 10.2 Å². The zero-order valence-electron chi connectivity index (χ0n) is 11.2. The molecule has 0 radical (unpaired) electrons. The van der Waals surface area contributed by atoms with Crippen LogP contribution in [-0.2, 0) is 0 Å². The molecule has 0 atom stereocenters. The minimum atomic E-state index is -0.241. The Morgan fingerprint density at radius 1 is 1.35 bits per heavy atom. The van der Waals surface area contributed by atoms with E-state index in [4.69, 9.17) is 23.2 Å². The Morgan fingerprint density at radius 2 is 2.05 bits per heavy atom. The van der Waals surface area contributed by atoms with Crippen molar-refractivity contribution in [1.29, 1.82) is 0 Å². The molecule has 0 aromatic carbocycles. The number of hydrogen-bond acceptors (Lipinski definition) is 3. The van der Waals surface area contributed by atoms with Crippen molar-refractivity contribution >= 4 is 29.1 Å². The van der Waals surface area contributed by atoms with Gasteiger partial charge in [0.25, 0.3) is 5.91 Å². The number of nitrogens with one attached hydrogen (secondary N) is 1. The van der Waals surface area contributed by atoms with Gasteiger partial charge in [-0.1, -0.05) is 42.5 Å². The van der Waals surface area contributed by atoms with Crippen molar-refractivity contribution in [2.24, 2.45) is 5.41 Å². The van der Waals surface area contributed by atoms with Crippen molar-refractivity contribution in [1.82, 2.24) is 10.3 Å². The maximum atomic E-state index is 12.1. The van der Waals surface area contributed by atoms with Crippen LogP contribution in [0.4, 0.5) is 0 Å². The number of pyridine rings is 1. The Balaban J connectivity index is 1.98. The standard InChI is InChI=1S/C14H18Cl2N2O2/c15-11-6-10(7-17-12(11)16)13(20)18-8-14(9-19)4-2-1-3-5-14/h6-7,19H,1-5,8-9H2,(H,18,20). The van der Waals surface area contributed by atoms with Crippen LogP contribution in [0.15, 0.2) is 12.3 Å². The van der Waals surface area contributed by atoms with E-state index >= 15 is 0 Å². The first-order valence-electron chi connectivity index (χ1n) is 6.76. The van der Waals surface area contributed by atoms with Gasteiger partial charge in [-0.2, -0.15) is 0 Å². The summed E-state index contributed by atoms with van der Waals surface area (Å²) < 4.78 is 0. The van der Waals surface area contributed by atoms with E-state index < -0.39 is 0 Å². The van der Waals surface area contributed by atoms with Gasteiger partial charge in [-0.3, -0.25) is 4.79 Å². The molecule has 6 heteroatoms. The first kappa shape index (κ1) is 15.5. The molecule has 1 aromatic heterocycles. The van der Waals surface area contributed by atoms with Crippen molar-refractivity contribution in [3.05, 3.63) is 28.0 Å². The molecule has 110 valence electrons. The molecule has 2 N–H and O–H groups in total. The molecular formula is C14H18Cl2N2O2. The number of aliphatic hydroxyl groups is 1. The second kappa shape index (κ2) is 6.74. The molecule has 1 aliphatic rings. The van der Waals surface area contributed by atoms with E-state index in [-0.39, 0.29) is 28.1 Å². The molecule has 1 amide bonds. The third-order valence-corrected chi connectivity index (χ3v) is 4.62. The lowest BCUT2D eigenvalue weighted by Crippen LogP contribution is -2.41. The fourth-order valence-electron chi connectivity index (χ4n) is 2.61. The Labute approximate surface area is 128 Å². The Kier molecular flexibility index (Phi) is 5.24. The van der Waals surface area contributed by atoms with E-state index in [2.05, 4.69) is 10.3 Å². The molecule has 2 rings (SSSR count). The van der Waals surface area contributed by atoms with Gasteiger partial charge < -0.3 is 10.4 Å². The number of aromatic nitrogens is 1. The molecule has 0 saturated heterocycles. The third kappa shape index (κ3) is 3.62. The fourth-order valence-corrected chi connectivity index (χ4v) is 2.88. The second-order valence-corrected chi connectivity index (χ2v) is 6.16. The van der Waals surface area contributed by atoms with Crippen LogP contribution < -0.4 is 5.32 Å². The molecule has 1 aliphatic carbocycles. The molecule has 0 aliphatic heterocycles. The number of amides is 1. The highest BCUT2D eigenvalue weighted by Crippen LogP contribution is 2.35. The summed E-state index contributed by atoms with van der Waals surface area (Å²) >= 11 is 11.6. The lowest BCUT2D eigenvalue weighted by Gasteiger charge is -2.35. The van der Waals surface area contributed by atoms with Crippen molar-refractivity contribution in [3.8, 4) is 0 Å². The van der Waals surface area contributed by atoms with Crippen LogP contribution in [-0.4, -0.2) is 29.1 Å². The second-order valence-electron chi connectivity index (χ2n) is 5.40. The minimum Gasteiger partial charge on any atom is -0.396 e. The quantitative estimate of drug-likeness (QED) is 0.839. The molecule has 4 nitrogen and oxygen atoms in total. The van der Waals surface area contributed by atoms with Gasteiger partial charge in [0, 0.05) is 18.2 Å². The predicted octanol–water partition coefficient (Wildman–Crippen LogP) is 3.06. The fraction of sp³-hybridized carbons (Fsp3) is 0.571. The average Bonchev–Trinajstić information content (AvgIpc) is 2.48. The lowest BCUT2D eigenvalue weighted by atomic mass is 9.74. The normalized spacial score (nSPS) is 17.8. The summed E-state index contributed by atoms with van der Waals surface area (Å²) in [5.41, 5.74) is 0.195. The topological polar surface area (TPSA) is 62.2 Å². The zero-order chi connectivity index (χ0) is 14.6. The van der Waals surface area contributed by atoms with Crippen molar-refractivity contribution in [2.45, 2.75) is 32.1 Å². The minimum absolute atomic E-state index is 0.104. The van der Waals surface area contributed by atoms with Crippen LogP contribution in [0, 0.1) is 5.41 Å². The van der Waals surface area contributed by atoms with Gasteiger partial charge in [0.2, 0.25) is 0 Å². The monoisotopic (exact) mass is 316 g/mol. The predicted molar refractivity (Wildman–Crippen MR) is 79.2 cm³/mol. The molecule has 1 aromatic rings. The van der Waals surface area contributed by atoms with Gasteiger partial charge in [0.05, 0.1) is 17.2 Å². The number of aliphatic hydroxyl groups excluding tert-OH is 1. The summed E-state index contributed by atoms with van der Waals surface area (Å²) in [6, 6.07) is 1.50. The zero-order valence-corrected chi connectivity index (χ0v) is 12.7. The summed E-state index contributed by atoms with van der Waals surface area (Å²) in [7, 11) is 0. The molecule has 1 heterocycles. The Bertz CT molecular complexity index is 488. The van der Waals surface area contributed by atoms with E-state index in [1.54, 1.807) is 0 Å². The van der Waals surface area contributed by atoms with Gasteiger partial charge in [0.15, 0.2) is 0 Å². The molecule has 0 unspecified atom stereocenters. The Hall–Kier alpha value is -0.840. The summed E-state index contributed by atoms with van der Waals surface area (Å²) in [5.74, 6) is -0.241. The maximum Gasteiger partial charge on any atom is 0.252 e. The number of carbonyl (C=O) groups excluding carboxylic acids is 1. The number of halogens is 2. The highest BCUT2D eigenvalue weighted by Gasteiger charge is 2.31. The highest BCUT2D eigenvalue weighted by atomic mass is 35.5. The van der Waals surface area contributed by atoms with Crippen molar-refractivity contribution in [2.75, 3.05) is 13.2 Å². The van der Waals surface area contributed by atoms with Crippen molar-refractivity contribution < 1.29 is 9.90 Å². The van der Waals surface area contributed by atoms with Crippen LogP contribution in [0.3, 0.4) is 0 Å². The summed E-state index contributed by atoms with van der Waals surface area (Å²) in [6.07, 6.45) is 6.70. The SMILES string of the molecule is O=C(NCC1(CO)CCCCC1)c1cnc(Cl)c(Cl)c1. The van der Waals surface area contributed by atoms with Crippen LogP contribution in [0.5, 0.6) is 0 Å². The van der Waals surface area contributed by atoms with E-state index in [1.807, 2.05) is 0 Å². The van der Waals surface area contributed by atoms with E-state index in [0.717, 1.165) is 25.7 Å². The highest BCUT2D eigenvalue weighted by molar-refractivity contribution is 6.41. The Morgan fingerprint density at radius 3 is 2.65 bits per heavy atom. The van der Waals surface area contributed by atoms with Gasteiger partial charge >= 0.3 is 0 Å². The maximum absolute atomic E-state index is 12.1. The molecule has 0 bridgehead atoms. The number of carbonyl (C=O) groups is 1. The number of hydrogen-bond donors (Lipinski definition) is 2. The van der Waals surface area contributed by atoms with Gasteiger partial charge in [-0.05, 0) is 18.9 Å². The summed E-state index contributed by atoms with van der Waals surface area (Å²) in [4.78, 5) is 15.9. The van der Waals surface area contributed by atoms with Crippen LogP contribution in [0.25, 0.3) is 0 Å². The summed E-state index contributed by atoms with van der Waals surface area (Å²) in [5, 5.41) is 12.9. The van der Waals surface area contributed by atoms with E-state index in [0.29, 0.717) is 12.1 Å². The average molecular weight is 317 g/mol. The first-order chi connectivity index (χ1) is 9.56. The lowest BCUT2D eigenvalue weighted by molar-refractivity contribution is 0.0718. The third-order valence-electron chi connectivity index (χ3n) is 3.93. The van der Waals surface area contributed by atoms with Gasteiger partial charge in [-0.25, -0.2) is 4.98 Å². The molecular weight excluding hydrogens is 299 g/mol. The van der Waals surface area contributed by atoms with Crippen molar-refractivity contribution in [3.63, 3.8) is 0 Å². The van der Waals surface area contributed by atoms with Gasteiger partial charge in [-0.15, -0.1) is 0 Å². The number of nitrogens with zero attached hydrogens (tertiary/aromatic N) is 1. The van der Waals surface area contributed by atoms with E-state index in [9.17, 15) is 9.90 Å².